The Balaban J connectivity index is 1.37. The second-order valence-corrected chi connectivity index (χ2v) is 6.49. The molecule has 2 heterocycles. The summed E-state index contributed by atoms with van der Waals surface area (Å²) in [7, 11) is 0. The van der Waals surface area contributed by atoms with Crippen molar-refractivity contribution in [2.75, 3.05) is 13.2 Å². The molecule has 0 unspecified atom stereocenters. The van der Waals surface area contributed by atoms with Crippen molar-refractivity contribution >= 4 is 11.8 Å². The van der Waals surface area contributed by atoms with Crippen molar-refractivity contribution < 1.29 is 19.1 Å². The van der Waals surface area contributed by atoms with E-state index in [1.54, 1.807) is 24.3 Å². The van der Waals surface area contributed by atoms with Gasteiger partial charge < -0.3 is 20.1 Å². The zero-order chi connectivity index (χ0) is 17.9. The lowest BCUT2D eigenvalue weighted by atomic mass is 10.1. The lowest BCUT2D eigenvalue weighted by Crippen LogP contribution is -2.46. The van der Waals surface area contributed by atoms with Gasteiger partial charge in [0.25, 0.3) is 11.8 Å². The largest absolute Gasteiger partial charge is 0.371 e. The number of nitrogens with one attached hydrogen (secondary N) is 2. The maximum atomic E-state index is 12.3. The Morgan fingerprint density at radius 2 is 1.08 bits per heavy atom. The Hall–Kier alpha value is -2.70. The van der Waals surface area contributed by atoms with Crippen molar-refractivity contribution in [3.05, 3.63) is 71.8 Å². The van der Waals surface area contributed by atoms with Gasteiger partial charge in [-0.15, -0.1) is 0 Å². The van der Waals surface area contributed by atoms with E-state index in [1.807, 2.05) is 36.4 Å². The minimum Gasteiger partial charge on any atom is -0.371 e. The van der Waals surface area contributed by atoms with Crippen LogP contribution in [0, 0.1) is 0 Å². The summed E-state index contributed by atoms with van der Waals surface area (Å²) in [4.78, 5) is 24.7. The van der Waals surface area contributed by atoms with Crippen molar-refractivity contribution in [1.82, 2.24) is 10.6 Å². The average molecular weight is 352 g/mol. The molecule has 4 rings (SSSR count). The van der Waals surface area contributed by atoms with E-state index in [2.05, 4.69) is 10.6 Å². The number of hydrogen-bond acceptors (Lipinski definition) is 4. The van der Waals surface area contributed by atoms with Crippen molar-refractivity contribution in [2.24, 2.45) is 0 Å². The monoisotopic (exact) mass is 352 g/mol. The Morgan fingerprint density at radius 1 is 0.692 bits per heavy atom. The van der Waals surface area contributed by atoms with Crippen LogP contribution in [0.3, 0.4) is 0 Å². The van der Waals surface area contributed by atoms with Crippen molar-refractivity contribution in [3.8, 4) is 0 Å². The summed E-state index contributed by atoms with van der Waals surface area (Å²) in [5, 5.41) is 5.94. The molecule has 134 valence electrons. The predicted octanol–water partition coefficient (Wildman–Crippen LogP) is 1.38. The molecule has 4 atom stereocenters. The van der Waals surface area contributed by atoms with E-state index in [-0.39, 0.29) is 36.1 Å². The Bertz CT molecular complexity index is 713. The highest BCUT2D eigenvalue weighted by atomic mass is 16.6. The molecule has 2 amide bonds. The first-order valence-electron chi connectivity index (χ1n) is 8.67. The number of hydrogen-bond donors (Lipinski definition) is 2. The van der Waals surface area contributed by atoms with E-state index in [4.69, 9.17) is 9.47 Å². The molecule has 2 saturated heterocycles. The fourth-order valence-corrected chi connectivity index (χ4v) is 3.43. The number of carbonyl (C=O) groups is 2. The van der Waals surface area contributed by atoms with Gasteiger partial charge in [-0.1, -0.05) is 36.4 Å². The van der Waals surface area contributed by atoms with Gasteiger partial charge in [-0.3, -0.25) is 9.59 Å². The highest BCUT2D eigenvalue weighted by Crippen LogP contribution is 2.27. The van der Waals surface area contributed by atoms with Gasteiger partial charge in [0, 0.05) is 11.1 Å². The highest BCUT2D eigenvalue weighted by molar-refractivity contribution is 5.95. The average Bonchev–Trinajstić information content (AvgIpc) is 3.27. The van der Waals surface area contributed by atoms with E-state index in [0.717, 1.165) is 0 Å². The predicted molar refractivity (Wildman–Crippen MR) is 94.9 cm³/mol. The summed E-state index contributed by atoms with van der Waals surface area (Å²) in [6.07, 6.45) is -0.521. The molecule has 0 aromatic heterocycles. The number of ether oxygens (including phenoxy) is 2. The molecule has 2 aromatic carbocycles. The molecule has 2 aromatic rings. The van der Waals surface area contributed by atoms with Gasteiger partial charge in [0.2, 0.25) is 0 Å². The molecule has 6 nitrogen and oxygen atoms in total. The van der Waals surface area contributed by atoms with Crippen LogP contribution >= 0.6 is 0 Å². The molecule has 0 aliphatic carbocycles. The van der Waals surface area contributed by atoms with Crippen LogP contribution in [0.2, 0.25) is 0 Å². The number of amides is 2. The van der Waals surface area contributed by atoms with E-state index >= 15 is 0 Å². The standard InChI is InChI=1S/C20H20N2O4/c23-19(13-7-3-1-4-8-13)21-15-11-25-18-16(12-26-17(15)18)22-20(24)14-9-5-2-6-10-14/h1-10,15-18H,11-12H2,(H,21,23)(H,22,24)/t15-,16-,17+,18+/m0/s1. The third-order valence-electron chi connectivity index (χ3n) is 4.76. The normalized spacial score (nSPS) is 26.9. The summed E-state index contributed by atoms with van der Waals surface area (Å²) in [6.45, 7) is 0.733. The van der Waals surface area contributed by atoms with E-state index in [9.17, 15) is 9.59 Å². The van der Waals surface area contributed by atoms with Gasteiger partial charge >= 0.3 is 0 Å². The van der Waals surface area contributed by atoms with Crippen LogP contribution in [0.5, 0.6) is 0 Å². The van der Waals surface area contributed by atoms with Gasteiger partial charge in [-0.05, 0) is 24.3 Å². The zero-order valence-corrected chi connectivity index (χ0v) is 14.1. The lowest BCUT2D eigenvalue weighted by molar-refractivity contribution is 0.0628. The van der Waals surface area contributed by atoms with Crippen LogP contribution in [0.25, 0.3) is 0 Å². The zero-order valence-electron chi connectivity index (χ0n) is 14.1. The molecule has 2 fully saturated rings. The number of fused-ring (bicyclic) bond motifs is 1. The molecule has 0 spiro atoms. The Labute approximate surface area is 151 Å². The minimum absolute atomic E-state index is 0.153. The Morgan fingerprint density at radius 3 is 1.46 bits per heavy atom. The molecular weight excluding hydrogens is 332 g/mol. The first-order chi connectivity index (χ1) is 12.7. The highest BCUT2D eigenvalue weighted by Gasteiger charge is 2.48. The van der Waals surface area contributed by atoms with Crippen molar-refractivity contribution in [2.45, 2.75) is 24.3 Å². The van der Waals surface area contributed by atoms with Gasteiger partial charge in [0.05, 0.1) is 25.3 Å². The van der Waals surface area contributed by atoms with E-state index in [1.165, 1.54) is 0 Å². The quantitative estimate of drug-likeness (QED) is 0.872. The van der Waals surface area contributed by atoms with Crippen LogP contribution in [0.15, 0.2) is 60.7 Å². The molecule has 2 aliphatic rings. The third kappa shape index (κ3) is 3.34. The minimum atomic E-state index is -0.260. The number of rotatable bonds is 4. The molecular formula is C20H20N2O4. The first kappa shape index (κ1) is 16.8. The molecule has 26 heavy (non-hydrogen) atoms. The van der Waals surface area contributed by atoms with Crippen molar-refractivity contribution in [3.63, 3.8) is 0 Å². The molecule has 2 N–H and O–H groups in total. The van der Waals surface area contributed by atoms with Gasteiger partial charge in [-0.2, -0.15) is 0 Å². The van der Waals surface area contributed by atoms with Gasteiger partial charge in [-0.25, -0.2) is 0 Å². The summed E-state index contributed by atoms with van der Waals surface area (Å²) in [6, 6.07) is 17.6. The second kappa shape index (κ2) is 7.27. The Kier molecular flexibility index (Phi) is 4.69. The summed E-state index contributed by atoms with van der Waals surface area (Å²) < 4.78 is 11.6. The first-order valence-corrected chi connectivity index (χ1v) is 8.67. The van der Waals surface area contributed by atoms with Crippen LogP contribution in [-0.2, 0) is 9.47 Å². The van der Waals surface area contributed by atoms with Crippen molar-refractivity contribution in [1.29, 1.82) is 0 Å². The summed E-state index contributed by atoms with van der Waals surface area (Å²) in [5.74, 6) is -0.305. The molecule has 0 bridgehead atoms. The van der Waals surface area contributed by atoms with E-state index in [0.29, 0.717) is 24.3 Å². The maximum Gasteiger partial charge on any atom is 0.251 e. The fourth-order valence-electron chi connectivity index (χ4n) is 3.43. The topological polar surface area (TPSA) is 76.7 Å². The van der Waals surface area contributed by atoms with Crippen LogP contribution in [-0.4, -0.2) is 49.3 Å². The maximum absolute atomic E-state index is 12.3. The van der Waals surface area contributed by atoms with Crippen LogP contribution in [0.1, 0.15) is 20.7 Å². The van der Waals surface area contributed by atoms with Crippen LogP contribution < -0.4 is 10.6 Å². The molecule has 0 saturated carbocycles. The summed E-state index contributed by atoms with van der Waals surface area (Å²) in [5.41, 5.74) is 1.20. The van der Waals surface area contributed by atoms with Crippen LogP contribution in [0.4, 0.5) is 0 Å². The molecule has 0 radical (unpaired) electrons. The van der Waals surface area contributed by atoms with Gasteiger partial charge in [0.15, 0.2) is 0 Å². The number of benzene rings is 2. The third-order valence-corrected chi connectivity index (χ3v) is 4.76. The molecule has 6 heteroatoms. The van der Waals surface area contributed by atoms with E-state index < -0.39 is 0 Å². The number of carbonyl (C=O) groups excluding carboxylic acids is 2. The SMILES string of the molecule is O=C(N[C@H]1CO[C@H]2[C@@H]1OC[C@@H]2NC(=O)c1ccccc1)c1ccccc1. The molecule has 2 aliphatic heterocycles. The lowest BCUT2D eigenvalue weighted by Gasteiger charge is -2.18. The fraction of sp³-hybridized carbons (Fsp3) is 0.300. The second-order valence-electron chi connectivity index (χ2n) is 6.49. The smallest absolute Gasteiger partial charge is 0.251 e. The summed E-state index contributed by atoms with van der Waals surface area (Å²) >= 11 is 0. The van der Waals surface area contributed by atoms with Gasteiger partial charge in [0.1, 0.15) is 12.2 Å².